The van der Waals surface area contributed by atoms with Gasteiger partial charge >= 0.3 is 0 Å². The number of aromatic nitrogens is 1. The van der Waals surface area contributed by atoms with E-state index in [-0.39, 0.29) is 0 Å². The molecule has 32 heavy (non-hydrogen) atoms. The molecule has 2 aromatic rings. The van der Waals surface area contributed by atoms with E-state index >= 15 is 0 Å². The second-order valence-electron chi connectivity index (χ2n) is 6.92. The van der Waals surface area contributed by atoms with Crippen LogP contribution in [0.3, 0.4) is 0 Å². The molecule has 1 atom stereocenters. The lowest BCUT2D eigenvalue weighted by Crippen LogP contribution is -1.95. The highest BCUT2D eigenvalue weighted by Crippen LogP contribution is 2.34. The molecule has 0 radical (unpaired) electrons. The van der Waals surface area contributed by atoms with E-state index in [9.17, 15) is 4.79 Å². The molecule has 3 heteroatoms. The van der Waals surface area contributed by atoms with Crippen molar-refractivity contribution in [2.24, 2.45) is 0 Å². The Morgan fingerprint density at radius 2 is 1.66 bits per heavy atom. The zero-order chi connectivity index (χ0) is 24.9. The summed E-state index contributed by atoms with van der Waals surface area (Å²) in [5.41, 5.74) is 6.63. The summed E-state index contributed by atoms with van der Waals surface area (Å²) in [5.74, 6) is 0. The summed E-state index contributed by atoms with van der Waals surface area (Å²) in [7, 11) is 0. The first-order chi connectivity index (χ1) is 15.4. The fourth-order valence-corrected chi connectivity index (χ4v) is 3.11. The first-order valence-corrected chi connectivity index (χ1v) is 12.4. The summed E-state index contributed by atoms with van der Waals surface area (Å²) >= 11 is 4.77. The highest BCUT2D eigenvalue weighted by molar-refractivity contribution is 7.80. The van der Waals surface area contributed by atoms with Gasteiger partial charge in [-0.2, -0.15) is 12.6 Å². The number of aldehydes is 1. The van der Waals surface area contributed by atoms with Gasteiger partial charge in [-0.05, 0) is 62.5 Å². The summed E-state index contributed by atoms with van der Waals surface area (Å²) in [5, 5.41) is 0.303. The number of carbonyl (C=O) groups excluding carboxylic acids is 1. The van der Waals surface area contributed by atoms with Crippen LogP contribution < -0.4 is 0 Å². The minimum Gasteiger partial charge on any atom is -0.298 e. The Morgan fingerprint density at radius 1 is 1.03 bits per heavy atom. The lowest BCUT2D eigenvalue weighted by atomic mass is 9.96. The highest BCUT2D eigenvalue weighted by Gasteiger charge is 2.12. The molecule has 0 N–H and O–H groups in total. The molecule has 178 valence electrons. The molecule has 0 amide bonds. The van der Waals surface area contributed by atoms with Crippen molar-refractivity contribution in [3.63, 3.8) is 0 Å². The van der Waals surface area contributed by atoms with Gasteiger partial charge in [0, 0.05) is 22.7 Å². The average molecular weight is 456 g/mol. The van der Waals surface area contributed by atoms with Crippen molar-refractivity contribution in [1.29, 1.82) is 0 Å². The van der Waals surface area contributed by atoms with E-state index in [1.165, 1.54) is 29.5 Å². The van der Waals surface area contributed by atoms with Gasteiger partial charge in [0.1, 0.15) is 6.29 Å². The van der Waals surface area contributed by atoms with E-state index < -0.39 is 0 Å². The molecule has 1 heterocycles. The molecular weight excluding hydrogens is 410 g/mol. The van der Waals surface area contributed by atoms with Crippen molar-refractivity contribution < 1.29 is 4.79 Å². The summed E-state index contributed by atoms with van der Waals surface area (Å²) in [6.07, 6.45) is 10.2. The molecule has 0 saturated carbocycles. The number of allylic oxidation sites excluding steroid dienone is 4. The Labute approximate surface area is 203 Å². The van der Waals surface area contributed by atoms with Crippen molar-refractivity contribution in [3.05, 3.63) is 77.2 Å². The van der Waals surface area contributed by atoms with Crippen LogP contribution in [0.5, 0.6) is 0 Å². The predicted octanol–water partition coefficient (Wildman–Crippen LogP) is 9.37. The van der Waals surface area contributed by atoms with Crippen molar-refractivity contribution in [2.45, 2.75) is 86.8 Å². The molecule has 0 saturated heterocycles. The van der Waals surface area contributed by atoms with E-state index in [1.54, 1.807) is 0 Å². The van der Waals surface area contributed by atoms with Crippen LogP contribution in [0.25, 0.3) is 11.1 Å². The summed E-state index contributed by atoms with van der Waals surface area (Å²) in [6.45, 7) is 17.9. The lowest BCUT2D eigenvalue weighted by molar-refractivity contribution is -0.104. The molecule has 0 fully saturated rings. The molecule has 0 spiro atoms. The predicted molar refractivity (Wildman–Crippen MR) is 148 cm³/mol. The number of thiol groups is 1. The van der Waals surface area contributed by atoms with Crippen LogP contribution in [0.4, 0.5) is 0 Å². The SMILES string of the molecule is C/C=C\C(C)=C(/C)C=O.CC.CC.CCCCC(S)c1ccccc1-c1ccc(C)nc1. The fourth-order valence-electron chi connectivity index (χ4n) is 2.70. The van der Waals surface area contributed by atoms with Gasteiger partial charge < -0.3 is 0 Å². The maximum absolute atomic E-state index is 10.1. The summed E-state index contributed by atoms with van der Waals surface area (Å²) in [4.78, 5) is 14.5. The third kappa shape index (κ3) is 12.7. The smallest absolute Gasteiger partial charge is 0.146 e. The minimum absolute atomic E-state index is 0.303. The second-order valence-corrected chi connectivity index (χ2v) is 7.54. The zero-order valence-electron chi connectivity index (χ0n) is 21.8. The molecule has 0 bridgehead atoms. The Morgan fingerprint density at radius 3 is 2.16 bits per heavy atom. The number of benzene rings is 1. The van der Waals surface area contributed by atoms with Gasteiger partial charge in [0.2, 0.25) is 0 Å². The van der Waals surface area contributed by atoms with E-state index in [0.717, 1.165) is 29.5 Å². The average Bonchev–Trinajstić information content (AvgIpc) is 2.85. The van der Waals surface area contributed by atoms with Gasteiger partial charge in [-0.1, -0.05) is 89.9 Å². The molecule has 1 unspecified atom stereocenters. The molecule has 2 rings (SSSR count). The highest BCUT2D eigenvalue weighted by atomic mass is 32.1. The normalized spacial score (nSPS) is 11.6. The number of pyridine rings is 1. The van der Waals surface area contributed by atoms with Crippen LogP contribution in [0.15, 0.2) is 65.9 Å². The van der Waals surface area contributed by atoms with Gasteiger partial charge in [-0.3, -0.25) is 9.78 Å². The van der Waals surface area contributed by atoms with Crippen LogP contribution in [-0.4, -0.2) is 11.3 Å². The van der Waals surface area contributed by atoms with Gasteiger partial charge in [-0.15, -0.1) is 0 Å². The van der Waals surface area contributed by atoms with Crippen LogP contribution in [0.1, 0.15) is 91.2 Å². The zero-order valence-corrected chi connectivity index (χ0v) is 22.7. The quantitative estimate of drug-likeness (QED) is 0.195. The van der Waals surface area contributed by atoms with Crippen LogP contribution in [-0.2, 0) is 4.79 Å². The van der Waals surface area contributed by atoms with Crippen LogP contribution in [0, 0.1) is 6.92 Å². The van der Waals surface area contributed by atoms with E-state index in [4.69, 9.17) is 12.6 Å². The largest absolute Gasteiger partial charge is 0.298 e. The number of unbranched alkanes of at least 4 members (excludes halogenated alkanes) is 1. The van der Waals surface area contributed by atoms with E-state index in [2.05, 4.69) is 48.3 Å². The number of hydrogen-bond acceptors (Lipinski definition) is 3. The molecule has 0 aliphatic rings. The molecule has 0 aliphatic carbocycles. The lowest BCUT2D eigenvalue weighted by Gasteiger charge is -2.15. The minimum atomic E-state index is 0.303. The Kier molecular flexibility index (Phi) is 20.8. The number of aryl methyl sites for hydroxylation is 1. The van der Waals surface area contributed by atoms with Gasteiger partial charge in [0.05, 0.1) is 0 Å². The fraction of sp³-hybridized carbons (Fsp3) is 0.448. The Bertz CT molecular complexity index is 791. The van der Waals surface area contributed by atoms with Crippen molar-refractivity contribution in [1.82, 2.24) is 4.98 Å². The standard InChI is InChI=1S/C17H21NS.C8H12O.2C2H6/c1-3-4-9-17(19)16-8-6-5-7-15(16)14-11-10-13(2)18-12-14;1-4-5-7(2)8(3)6-9;2*1-2/h5-8,10-12,17,19H,3-4,9H2,1-2H3;4-6H,1-3H3;2*1-2H3/b;5-4-,8-7+;;. The van der Waals surface area contributed by atoms with Gasteiger partial charge in [0.25, 0.3) is 0 Å². The Hall–Kier alpha value is -2.13. The second kappa shape index (κ2) is 20.8. The van der Waals surface area contributed by atoms with E-state index in [0.29, 0.717) is 5.25 Å². The third-order valence-electron chi connectivity index (χ3n) is 4.59. The maximum atomic E-state index is 10.1. The summed E-state index contributed by atoms with van der Waals surface area (Å²) in [6, 6.07) is 12.7. The number of nitrogens with zero attached hydrogens (tertiary/aromatic N) is 1. The van der Waals surface area contributed by atoms with Crippen LogP contribution >= 0.6 is 12.6 Å². The Balaban J connectivity index is 0. The number of hydrogen-bond donors (Lipinski definition) is 1. The van der Waals surface area contributed by atoms with Crippen molar-refractivity contribution in [2.75, 3.05) is 0 Å². The molecule has 2 nitrogen and oxygen atoms in total. The van der Waals surface area contributed by atoms with Gasteiger partial charge in [0.15, 0.2) is 0 Å². The number of carbonyl (C=O) groups is 1. The van der Waals surface area contributed by atoms with Crippen molar-refractivity contribution >= 4 is 18.9 Å². The first kappa shape index (κ1) is 32.1. The third-order valence-corrected chi connectivity index (χ3v) is 5.13. The summed E-state index contributed by atoms with van der Waals surface area (Å²) < 4.78 is 0. The van der Waals surface area contributed by atoms with Crippen LogP contribution in [0.2, 0.25) is 0 Å². The van der Waals surface area contributed by atoms with Crippen molar-refractivity contribution in [3.8, 4) is 11.1 Å². The molecule has 1 aromatic carbocycles. The monoisotopic (exact) mass is 455 g/mol. The van der Waals surface area contributed by atoms with Gasteiger partial charge in [-0.25, -0.2) is 0 Å². The molecule has 1 aromatic heterocycles. The first-order valence-electron chi connectivity index (χ1n) is 11.9. The maximum Gasteiger partial charge on any atom is 0.146 e. The van der Waals surface area contributed by atoms with E-state index in [1.807, 2.05) is 73.7 Å². The number of rotatable bonds is 7. The molecule has 0 aliphatic heterocycles. The molecular formula is C29H45NOS. The topological polar surface area (TPSA) is 30.0 Å².